The lowest BCUT2D eigenvalue weighted by Gasteiger charge is -2.23. The minimum absolute atomic E-state index is 0.555. The van der Waals surface area contributed by atoms with Crippen LogP contribution in [0.5, 0.6) is 0 Å². The summed E-state index contributed by atoms with van der Waals surface area (Å²) in [5.41, 5.74) is 7.62. The van der Waals surface area contributed by atoms with Crippen molar-refractivity contribution < 1.29 is 0 Å². The first-order valence-electron chi connectivity index (χ1n) is 10.6. The number of benzene rings is 3. The third kappa shape index (κ3) is 2.90. The van der Waals surface area contributed by atoms with E-state index in [0.717, 1.165) is 24.2 Å². The molecule has 0 unspecified atom stereocenters. The first-order valence-corrected chi connectivity index (χ1v) is 10.6. The van der Waals surface area contributed by atoms with E-state index in [1.54, 1.807) is 0 Å². The Balaban J connectivity index is 1.70. The molecular weight excluding hydrogens is 364 g/mol. The van der Waals surface area contributed by atoms with E-state index < -0.39 is 5.41 Å². The molecule has 1 atom stereocenters. The quantitative estimate of drug-likeness (QED) is 0.403. The fraction of sp³-hybridized carbons (Fsp3) is 0.214. The Hall–Kier alpha value is -3.44. The average molecular weight is 389 g/mol. The van der Waals surface area contributed by atoms with E-state index in [-0.39, 0.29) is 0 Å². The van der Waals surface area contributed by atoms with Gasteiger partial charge in [-0.1, -0.05) is 66.7 Å². The second kappa shape index (κ2) is 7.11. The molecular formula is C28H24N2. The van der Waals surface area contributed by atoms with E-state index in [1.807, 2.05) is 18.2 Å². The molecule has 0 fully saturated rings. The molecule has 2 nitrogen and oxygen atoms in total. The molecule has 5 rings (SSSR count). The van der Waals surface area contributed by atoms with Crippen LogP contribution in [0.15, 0.2) is 72.8 Å². The lowest BCUT2D eigenvalue weighted by Crippen LogP contribution is -2.25. The molecule has 1 aliphatic carbocycles. The van der Waals surface area contributed by atoms with Crippen molar-refractivity contribution in [3.05, 3.63) is 101 Å². The Kier molecular flexibility index (Phi) is 4.40. The molecule has 146 valence electrons. The Labute approximate surface area is 177 Å². The summed E-state index contributed by atoms with van der Waals surface area (Å²) < 4.78 is 0. The highest BCUT2D eigenvalue weighted by molar-refractivity contribution is 5.88. The molecule has 0 radical (unpaired) electrons. The molecule has 1 heterocycles. The molecule has 0 aliphatic heterocycles. The third-order valence-corrected chi connectivity index (χ3v) is 6.64. The number of hydrogen-bond acceptors (Lipinski definition) is 2. The van der Waals surface area contributed by atoms with Gasteiger partial charge in [0.05, 0.1) is 11.8 Å². The van der Waals surface area contributed by atoms with Crippen molar-refractivity contribution in [2.24, 2.45) is 0 Å². The highest BCUT2D eigenvalue weighted by atomic mass is 14.8. The predicted molar refractivity (Wildman–Crippen MR) is 122 cm³/mol. The zero-order valence-corrected chi connectivity index (χ0v) is 17.4. The van der Waals surface area contributed by atoms with Gasteiger partial charge in [-0.3, -0.25) is 4.98 Å². The first-order chi connectivity index (χ1) is 14.6. The highest BCUT2D eigenvalue weighted by Crippen LogP contribution is 2.45. The fourth-order valence-electron chi connectivity index (χ4n) is 4.94. The molecule has 30 heavy (non-hydrogen) atoms. The number of fused-ring (bicyclic) bond motifs is 2. The lowest BCUT2D eigenvalue weighted by atomic mass is 9.80. The van der Waals surface area contributed by atoms with Crippen molar-refractivity contribution in [2.45, 2.75) is 38.5 Å². The van der Waals surface area contributed by atoms with Crippen LogP contribution in [0.2, 0.25) is 0 Å². The van der Waals surface area contributed by atoms with Crippen LogP contribution in [-0.4, -0.2) is 4.98 Å². The fourth-order valence-corrected chi connectivity index (χ4v) is 4.94. The summed E-state index contributed by atoms with van der Waals surface area (Å²) in [6.45, 7) is 4.24. The SMILES string of the molecule is Cc1nc2c(c(-c3ccc4ccccc4c3)c1C)CC[C@@]2(C#N)Cc1ccccc1. The Morgan fingerprint density at radius 2 is 1.67 bits per heavy atom. The molecule has 0 saturated carbocycles. The largest absolute Gasteiger partial charge is 0.256 e. The topological polar surface area (TPSA) is 36.7 Å². The molecule has 0 amide bonds. The van der Waals surface area contributed by atoms with Gasteiger partial charge in [0.2, 0.25) is 0 Å². The van der Waals surface area contributed by atoms with Crippen LogP contribution < -0.4 is 0 Å². The number of aryl methyl sites for hydroxylation is 1. The molecule has 2 heteroatoms. The van der Waals surface area contributed by atoms with Crippen LogP contribution in [0, 0.1) is 25.2 Å². The number of rotatable bonds is 3. The van der Waals surface area contributed by atoms with Gasteiger partial charge in [-0.05, 0) is 77.8 Å². The van der Waals surface area contributed by atoms with E-state index in [1.165, 1.54) is 38.6 Å². The van der Waals surface area contributed by atoms with E-state index in [0.29, 0.717) is 6.42 Å². The van der Waals surface area contributed by atoms with E-state index >= 15 is 0 Å². The second-order valence-electron chi connectivity index (χ2n) is 8.44. The zero-order chi connectivity index (χ0) is 20.7. The van der Waals surface area contributed by atoms with Crippen molar-refractivity contribution in [3.63, 3.8) is 0 Å². The molecule has 0 saturated heterocycles. The number of nitrogens with zero attached hydrogens (tertiary/aromatic N) is 2. The molecule has 4 aromatic rings. The van der Waals surface area contributed by atoms with Crippen LogP contribution >= 0.6 is 0 Å². The average Bonchev–Trinajstić information content (AvgIpc) is 3.13. The van der Waals surface area contributed by atoms with Gasteiger partial charge < -0.3 is 0 Å². The number of hydrogen-bond donors (Lipinski definition) is 0. The molecule has 3 aromatic carbocycles. The summed E-state index contributed by atoms with van der Waals surface area (Å²) in [5.74, 6) is 0. The highest BCUT2D eigenvalue weighted by Gasteiger charge is 2.42. The Morgan fingerprint density at radius 3 is 2.43 bits per heavy atom. The summed E-state index contributed by atoms with van der Waals surface area (Å²) in [6.07, 6.45) is 2.43. The summed E-state index contributed by atoms with van der Waals surface area (Å²) in [7, 11) is 0. The summed E-state index contributed by atoms with van der Waals surface area (Å²) in [5, 5.41) is 12.8. The lowest BCUT2D eigenvalue weighted by molar-refractivity contribution is 0.527. The van der Waals surface area contributed by atoms with Crippen LogP contribution in [0.25, 0.3) is 21.9 Å². The van der Waals surface area contributed by atoms with Gasteiger partial charge in [0.15, 0.2) is 0 Å². The normalized spacial score (nSPS) is 17.6. The van der Waals surface area contributed by atoms with Gasteiger partial charge in [0.1, 0.15) is 5.41 Å². The van der Waals surface area contributed by atoms with Crippen molar-refractivity contribution in [1.82, 2.24) is 4.98 Å². The Morgan fingerprint density at radius 1 is 0.933 bits per heavy atom. The molecule has 0 spiro atoms. The van der Waals surface area contributed by atoms with Crippen molar-refractivity contribution in [1.29, 1.82) is 5.26 Å². The maximum atomic E-state index is 10.3. The van der Waals surface area contributed by atoms with Crippen LogP contribution in [0.1, 0.15) is 34.5 Å². The minimum atomic E-state index is -0.555. The molecule has 1 aromatic heterocycles. The van der Waals surface area contributed by atoms with Gasteiger partial charge in [0.25, 0.3) is 0 Å². The minimum Gasteiger partial charge on any atom is -0.256 e. The summed E-state index contributed by atoms with van der Waals surface area (Å²) in [4.78, 5) is 5.00. The van der Waals surface area contributed by atoms with Gasteiger partial charge in [-0.25, -0.2) is 0 Å². The number of aromatic nitrogens is 1. The number of nitriles is 1. The van der Waals surface area contributed by atoms with Crippen molar-refractivity contribution >= 4 is 10.8 Å². The second-order valence-corrected chi connectivity index (χ2v) is 8.44. The molecule has 0 bridgehead atoms. The predicted octanol–water partition coefficient (Wildman–Crippen LogP) is 6.47. The van der Waals surface area contributed by atoms with Crippen LogP contribution in [-0.2, 0) is 18.3 Å². The first kappa shape index (κ1) is 18.6. The van der Waals surface area contributed by atoms with E-state index in [2.05, 4.69) is 74.5 Å². The van der Waals surface area contributed by atoms with Crippen molar-refractivity contribution in [2.75, 3.05) is 0 Å². The van der Waals surface area contributed by atoms with Crippen LogP contribution in [0.4, 0.5) is 0 Å². The van der Waals surface area contributed by atoms with E-state index in [9.17, 15) is 5.26 Å². The molecule has 0 N–H and O–H groups in total. The maximum Gasteiger partial charge on any atom is 0.104 e. The third-order valence-electron chi connectivity index (χ3n) is 6.64. The van der Waals surface area contributed by atoms with Gasteiger partial charge in [-0.2, -0.15) is 5.26 Å². The zero-order valence-electron chi connectivity index (χ0n) is 17.4. The summed E-state index contributed by atoms with van der Waals surface area (Å²) >= 11 is 0. The van der Waals surface area contributed by atoms with Gasteiger partial charge >= 0.3 is 0 Å². The summed E-state index contributed by atoms with van der Waals surface area (Å²) in [6, 6.07) is 28.2. The van der Waals surface area contributed by atoms with Crippen molar-refractivity contribution in [3.8, 4) is 17.2 Å². The molecule has 1 aliphatic rings. The van der Waals surface area contributed by atoms with Crippen LogP contribution in [0.3, 0.4) is 0 Å². The maximum absolute atomic E-state index is 10.3. The van der Waals surface area contributed by atoms with E-state index in [4.69, 9.17) is 4.98 Å². The monoisotopic (exact) mass is 388 g/mol. The van der Waals surface area contributed by atoms with Gasteiger partial charge in [-0.15, -0.1) is 0 Å². The Bertz CT molecular complexity index is 1300. The van der Waals surface area contributed by atoms with Gasteiger partial charge in [0, 0.05) is 5.69 Å². The number of pyridine rings is 1. The smallest absolute Gasteiger partial charge is 0.104 e. The standard InChI is InChI=1S/C28H24N2/c1-19-20(2)30-27-25(14-15-28(27,18-29)17-21-8-4-3-5-9-21)26(19)24-13-12-22-10-6-7-11-23(22)16-24/h3-13,16H,14-15,17H2,1-2H3/t28-/m0/s1.